The predicted molar refractivity (Wildman–Crippen MR) is 60.7 cm³/mol. The topological polar surface area (TPSA) is 43.1 Å². The minimum absolute atomic E-state index is 0. The van der Waals surface area contributed by atoms with E-state index in [1.807, 2.05) is 38.1 Å². The first-order valence-corrected chi connectivity index (χ1v) is 4.48. The van der Waals surface area contributed by atoms with Crippen molar-refractivity contribution >= 4 is 18.2 Å². The van der Waals surface area contributed by atoms with Gasteiger partial charge in [-0.3, -0.25) is 4.79 Å². The molecule has 3 heteroatoms. The Balaban J connectivity index is 0.00000169. The van der Waals surface area contributed by atoms with Gasteiger partial charge in [0, 0.05) is 18.0 Å². The van der Waals surface area contributed by atoms with E-state index in [1.54, 1.807) is 0 Å². The van der Waals surface area contributed by atoms with Crippen molar-refractivity contribution in [2.24, 2.45) is 11.7 Å². The molecule has 0 radical (unpaired) electrons. The molecule has 0 amide bonds. The van der Waals surface area contributed by atoms with E-state index >= 15 is 0 Å². The Morgan fingerprint density at radius 1 is 1.29 bits per heavy atom. The minimum atomic E-state index is 0. The van der Waals surface area contributed by atoms with Gasteiger partial charge in [0.2, 0.25) is 0 Å². The largest absolute Gasteiger partial charge is 0.326 e. The lowest BCUT2D eigenvalue weighted by molar-refractivity contribution is 0.0939. The van der Waals surface area contributed by atoms with Gasteiger partial charge in [-0.1, -0.05) is 38.1 Å². The highest BCUT2D eigenvalue weighted by Gasteiger charge is 2.09. The third kappa shape index (κ3) is 3.13. The number of benzene rings is 1. The predicted octanol–water partition coefficient (Wildman–Crippen LogP) is 2.41. The molecule has 0 saturated heterocycles. The fraction of sp³-hybridized carbons (Fsp3) is 0.364. The van der Waals surface area contributed by atoms with E-state index < -0.39 is 0 Å². The maximum atomic E-state index is 11.5. The van der Waals surface area contributed by atoms with Crippen LogP contribution in [0.15, 0.2) is 24.3 Å². The average molecular weight is 214 g/mol. The van der Waals surface area contributed by atoms with Crippen molar-refractivity contribution in [2.75, 3.05) is 0 Å². The lowest BCUT2D eigenvalue weighted by Gasteiger charge is -2.04. The monoisotopic (exact) mass is 213 g/mol. The zero-order chi connectivity index (χ0) is 9.84. The van der Waals surface area contributed by atoms with Crippen LogP contribution in [0.25, 0.3) is 0 Å². The van der Waals surface area contributed by atoms with Gasteiger partial charge in [0.15, 0.2) is 5.78 Å². The van der Waals surface area contributed by atoms with Gasteiger partial charge in [0.05, 0.1) is 0 Å². The summed E-state index contributed by atoms with van der Waals surface area (Å²) in [5.74, 6) is 0.243. The smallest absolute Gasteiger partial charge is 0.165 e. The van der Waals surface area contributed by atoms with Crippen molar-refractivity contribution in [1.82, 2.24) is 0 Å². The molecule has 2 nitrogen and oxygen atoms in total. The Kier molecular flexibility index (Phi) is 5.43. The maximum absolute atomic E-state index is 11.5. The molecular weight excluding hydrogens is 198 g/mol. The third-order valence-electron chi connectivity index (χ3n) is 2.00. The highest BCUT2D eigenvalue weighted by molar-refractivity contribution is 5.97. The summed E-state index contributed by atoms with van der Waals surface area (Å²) < 4.78 is 0. The molecule has 0 bridgehead atoms. The number of hydrogen-bond donors (Lipinski definition) is 1. The van der Waals surface area contributed by atoms with Crippen LogP contribution in [0.4, 0.5) is 0 Å². The van der Waals surface area contributed by atoms with Crippen LogP contribution < -0.4 is 5.73 Å². The van der Waals surface area contributed by atoms with Gasteiger partial charge in [0.1, 0.15) is 0 Å². The van der Waals surface area contributed by atoms with Gasteiger partial charge in [-0.2, -0.15) is 0 Å². The fourth-order valence-electron chi connectivity index (χ4n) is 1.14. The first-order valence-electron chi connectivity index (χ1n) is 4.48. The summed E-state index contributed by atoms with van der Waals surface area (Å²) in [6.45, 7) is 4.33. The number of hydrogen-bond acceptors (Lipinski definition) is 2. The van der Waals surface area contributed by atoms with E-state index in [0.29, 0.717) is 6.54 Å². The van der Waals surface area contributed by atoms with Crippen molar-refractivity contribution in [3.8, 4) is 0 Å². The number of halogens is 1. The molecule has 0 aromatic heterocycles. The van der Waals surface area contributed by atoms with Gasteiger partial charge in [-0.05, 0) is 5.56 Å². The second kappa shape index (κ2) is 5.78. The van der Waals surface area contributed by atoms with Gasteiger partial charge in [0.25, 0.3) is 0 Å². The van der Waals surface area contributed by atoms with Crippen molar-refractivity contribution in [3.05, 3.63) is 35.4 Å². The molecule has 2 N–H and O–H groups in total. The highest BCUT2D eigenvalue weighted by Crippen LogP contribution is 2.09. The molecule has 0 aliphatic heterocycles. The molecule has 0 fully saturated rings. The molecule has 1 aromatic carbocycles. The summed E-state index contributed by atoms with van der Waals surface area (Å²) in [6, 6.07) is 7.47. The fourth-order valence-corrected chi connectivity index (χ4v) is 1.14. The summed E-state index contributed by atoms with van der Waals surface area (Å²) in [6.07, 6.45) is 0. The molecular formula is C11H16ClNO. The van der Waals surface area contributed by atoms with Crippen LogP contribution in [0.3, 0.4) is 0 Å². The second-order valence-electron chi connectivity index (χ2n) is 3.42. The minimum Gasteiger partial charge on any atom is -0.326 e. The zero-order valence-electron chi connectivity index (χ0n) is 8.49. The number of nitrogens with two attached hydrogens (primary N) is 1. The molecule has 1 rings (SSSR count). The van der Waals surface area contributed by atoms with Crippen LogP contribution in [0.2, 0.25) is 0 Å². The van der Waals surface area contributed by atoms with Gasteiger partial charge < -0.3 is 5.73 Å². The Bertz CT molecular complexity index is 293. The van der Waals surface area contributed by atoms with E-state index in [0.717, 1.165) is 11.1 Å². The number of Topliss-reactive ketones (excluding diaryl/α,β-unsaturated/α-hetero) is 1. The van der Waals surface area contributed by atoms with Crippen LogP contribution in [0.5, 0.6) is 0 Å². The molecule has 0 saturated carbocycles. The number of carbonyl (C=O) groups excluding carboxylic acids is 1. The zero-order valence-corrected chi connectivity index (χ0v) is 9.30. The molecule has 0 heterocycles. The second-order valence-corrected chi connectivity index (χ2v) is 3.42. The van der Waals surface area contributed by atoms with Gasteiger partial charge in [-0.25, -0.2) is 0 Å². The summed E-state index contributed by atoms with van der Waals surface area (Å²) in [4.78, 5) is 11.5. The normalized spacial score (nSPS) is 9.71. The number of rotatable bonds is 3. The molecule has 78 valence electrons. The van der Waals surface area contributed by atoms with Crippen LogP contribution in [0, 0.1) is 5.92 Å². The SMILES string of the molecule is CC(C)C(=O)c1ccc(CN)cc1.Cl. The number of ketones is 1. The van der Waals surface area contributed by atoms with E-state index in [9.17, 15) is 4.79 Å². The summed E-state index contributed by atoms with van der Waals surface area (Å²) >= 11 is 0. The van der Waals surface area contributed by atoms with Crippen molar-refractivity contribution in [1.29, 1.82) is 0 Å². The average Bonchev–Trinajstić information content (AvgIpc) is 2.17. The van der Waals surface area contributed by atoms with Crippen molar-refractivity contribution < 1.29 is 4.79 Å². The summed E-state index contributed by atoms with van der Waals surface area (Å²) in [5.41, 5.74) is 7.28. The Morgan fingerprint density at radius 3 is 2.14 bits per heavy atom. The van der Waals surface area contributed by atoms with Gasteiger partial charge >= 0.3 is 0 Å². The lowest BCUT2D eigenvalue weighted by atomic mass is 10.0. The molecule has 14 heavy (non-hydrogen) atoms. The van der Waals surface area contributed by atoms with E-state index in [4.69, 9.17) is 5.73 Å². The Morgan fingerprint density at radius 2 is 1.79 bits per heavy atom. The molecule has 0 spiro atoms. The van der Waals surface area contributed by atoms with Gasteiger partial charge in [-0.15, -0.1) is 12.4 Å². The first-order chi connectivity index (χ1) is 6.15. The van der Waals surface area contributed by atoms with E-state index in [2.05, 4.69) is 0 Å². The van der Waals surface area contributed by atoms with E-state index in [1.165, 1.54) is 0 Å². The van der Waals surface area contributed by atoms with Crippen molar-refractivity contribution in [2.45, 2.75) is 20.4 Å². The van der Waals surface area contributed by atoms with E-state index in [-0.39, 0.29) is 24.1 Å². The van der Waals surface area contributed by atoms with Crippen LogP contribution in [-0.4, -0.2) is 5.78 Å². The highest BCUT2D eigenvalue weighted by atomic mass is 35.5. The quantitative estimate of drug-likeness (QED) is 0.784. The van der Waals surface area contributed by atoms with Crippen LogP contribution in [-0.2, 0) is 6.54 Å². The van der Waals surface area contributed by atoms with Crippen LogP contribution in [0.1, 0.15) is 29.8 Å². The number of carbonyl (C=O) groups is 1. The molecule has 0 aliphatic rings. The standard InChI is InChI=1S/C11H15NO.ClH/c1-8(2)11(13)10-5-3-9(7-12)4-6-10;/h3-6,8H,7,12H2,1-2H3;1H. The maximum Gasteiger partial charge on any atom is 0.165 e. The molecule has 1 aromatic rings. The van der Waals surface area contributed by atoms with Crippen LogP contribution >= 0.6 is 12.4 Å². The third-order valence-corrected chi connectivity index (χ3v) is 2.00. The first kappa shape index (κ1) is 13.1. The Labute approximate surface area is 90.9 Å². The Hall–Kier alpha value is -0.860. The lowest BCUT2D eigenvalue weighted by Crippen LogP contribution is -2.07. The van der Waals surface area contributed by atoms with Crippen molar-refractivity contribution in [3.63, 3.8) is 0 Å². The summed E-state index contributed by atoms with van der Waals surface area (Å²) in [5, 5.41) is 0. The molecule has 0 aliphatic carbocycles. The molecule has 0 unspecified atom stereocenters. The summed E-state index contributed by atoms with van der Waals surface area (Å²) in [7, 11) is 0. The molecule has 0 atom stereocenters.